The number of benzene rings is 1. The molecule has 2 aromatic rings. The lowest BCUT2D eigenvalue weighted by Crippen LogP contribution is -2.10. The highest BCUT2D eigenvalue weighted by molar-refractivity contribution is 9.10. The Morgan fingerprint density at radius 2 is 2.20 bits per heavy atom. The average molecular weight is 355 g/mol. The molecule has 0 unspecified atom stereocenters. The number of hydrogen-bond acceptors (Lipinski definition) is 4. The monoisotopic (exact) mass is 354 g/mol. The molecule has 0 bridgehead atoms. The van der Waals surface area contributed by atoms with Gasteiger partial charge in [-0.05, 0) is 45.6 Å². The van der Waals surface area contributed by atoms with Crippen LogP contribution in [0, 0.1) is 0 Å². The van der Waals surface area contributed by atoms with E-state index in [1.54, 1.807) is 36.6 Å². The Kier molecular flexibility index (Phi) is 5.76. The first kappa shape index (κ1) is 15.2. The third kappa shape index (κ3) is 4.16. The molecule has 5 heteroatoms. The van der Waals surface area contributed by atoms with Crippen molar-refractivity contribution in [2.45, 2.75) is 6.42 Å². The van der Waals surface area contributed by atoms with E-state index in [2.05, 4.69) is 22.0 Å². The number of Topliss-reactive ketones (excluding diaryl/α,β-unsaturated/α-hetero) is 1. The molecular weight excluding hydrogens is 340 g/mol. The zero-order valence-electron chi connectivity index (χ0n) is 11.1. The molecule has 0 spiro atoms. The summed E-state index contributed by atoms with van der Waals surface area (Å²) in [5.74, 6) is 0.680. The summed E-state index contributed by atoms with van der Waals surface area (Å²) < 4.78 is 11.3. The van der Waals surface area contributed by atoms with Gasteiger partial charge in [0.05, 0.1) is 18.2 Å². The number of ether oxygens (including phenoxy) is 2. The minimum atomic E-state index is -0.0282. The summed E-state index contributed by atoms with van der Waals surface area (Å²) in [6, 6.07) is 9.35. The highest BCUT2D eigenvalue weighted by Gasteiger charge is 2.09. The lowest BCUT2D eigenvalue weighted by molar-refractivity contribution is 0.0766. The van der Waals surface area contributed by atoms with Crippen molar-refractivity contribution in [1.29, 1.82) is 0 Å². The van der Waals surface area contributed by atoms with Gasteiger partial charge in [-0.2, -0.15) is 0 Å². The summed E-state index contributed by atoms with van der Waals surface area (Å²) in [7, 11) is 1.59. The van der Waals surface area contributed by atoms with Crippen molar-refractivity contribution in [3.05, 3.63) is 50.6 Å². The third-order valence-corrected chi connectivity index (χ3v) is 4.34. The second kappa shape index (κ2) is 7.57. The van der Waals surface area contributed by atoms with E-state index in [0.717, 1.165) is 10.9 Å². The van der Waals surface area contributed by atoms with Gasteiger partial charge in [0.25, 0.3) is 0 Å². The second-order valence-electron chi connectivity index (χ2n) is 4.15. The first-order chi connectivity index (χ1) is 9.70. The van der Waals surface area contributed by atoms with Gasteiger partial charge >= 0.3 is 0 Å². The van der Waals surface area contributed by atoms with E-state index in [9.17, 15) is 4.79 Å². The maximum atomic E-state index is 12.0. The first-order valence-corrected chi connectivity index (χ1v) is 7.85. The van der Waals surface area contributed by atoms with Crippen molar-refractivity contribution >= 4 is 33.0 Å². The number of thiophene rings is 1. The Morgan fingerprint density at radius 3 is 2.85 bits per heavy atom. The summed E-state index contributed by atoms with van der Waals surface area (Å²) in [5.41, 5.74) is 0.619. The molecule has 0 aliphatic rings. The Labute approximate surface area is 130 Å². The predicted molar refractivity (Wildman–Crippen MR) is 83.9 cm³/mol. The molecule has 1 aromatic heterocycles. The predicted octanol–water partition coefficient (Wildman–Crippen LogP) is 3.96. The highest BCUT2D eigenvalue weighted by Crippen LogP contribution is 2.25. The zero-order valence-corrected chi connectivity index (χ0v) is 13.5. The van der Waals surface area contributed by atoms with Crippen molar-refractivity contribution in [2.24, 2.45) is 0 Å². The molecular formula is C15H15BrO3S. The molecule has 0 atom stereocenters. The molecule has 0 aliphatic heterocycles. The normalized spacial score (nSPS) is 10.5. The molecule has 0 amide bonds. The van der Waals surface area contributed by atoms with Crippen LogP contribution in [0.4, 0.5) is 0 Å². The standard InChI is InChI=1S/C15H15BrO3S/c1-18-15-5-4-11(9-13(15)16)14(17)10-19-7-6-12-3-2-8-20-12/h2-5,8-9H,6-7,10H2,1H3. The topological polar surface area (TPSA) is 35.5 Å². The largest absolute Gasteiger partial charge is 0.496 e. The van der Waals surface area contributed by atoms with Gasteiger partial charge in [0.15, 0.2) is 5.78 Å². The minimum absolute atomic E-state index is 0.0282. The SMILES string of the molecule is COc1ccc(C(=O)COCCc2cccs2)cc1Br. The van der Waals surface area contributed by atoms with Crippen molar-refractivity contribution in [3.8, 4) is 5.75 Å². The van der Waals surface area contributed by atoms with Crippen LogP contribution >= 0.6 is 27.3 Å². The maximum absolute atomic E-state index is 12.0. The molecule has 0 fully saturated rings. The molecule has 1 aromatic carbocycles. The maximum Gasteiger partial charge on any atom is 0.188 e. The summed E-state index contributed by atoms with van der Waals surface area (Å²) in [6.07, 6.45) is 0.844. The van der Waals surface area contributed by atoms with E-state index in [0.29, 0.717) is 17.9 Å². The van der Waals surface area contributed by atoms with Crippen LogP contribution in [0.15, 0.2) is 40.2 Å². The minimum Gasteiger partial charge on any atom is -0.496 e. The van der Waals surface area contributed by atoms with Gasteiger partial charge in [0, 0.05) is 16.9 Å². The van der Waals surface area contributed by atoms with Gasteiger partial charge in [-0.3, -0.25) is 4.79 Å². The van der Waals surface area contributed by atoms with Crippen LogP contribution in [0.1, 0.15) is 15.2 Å². The molecule has 0 saturated carbocycles. The molecule has 0 aliphatic carbocycles. The lowest BCUT2D eigenvalue weighted by atomic mass is 10.1. The summed E-state index contributed by atoms with van der Waals surface area (Å²) in [5, 5.41) is 2.04. The van der Waals surface area contributed by atoms with Crippen LogP contribution in [0.2, 0.25) is 0 Å². The van der Waals surface area contributed by atoms with E-state index in [4.69, 9.17) is 9.47 Å². The fourth-order valence-corrected chi connectivity index (χ4v) is 2.95. The molecule has 1 heterocycles. The average Bonchev–Trinajstić information content (AvgIpc) is 2.96. The highest BCUT2D eigenvalue weighted by atomic mass is 79.9. The van der Waals surface area contributed by atoms with Gasteiger partial charge < -0.3 is 9.47 Å². The van der Waals surface area contributed by atoms with Crippen molar-refractivity contribution < 1.29 is 14.3 Å². The van der Waals surface area contributed by atoms with Crippen molar-refractivity contribution in [3.63, 3.8) is 0 Å². The van der Waals surface area contributed by atoms with E-state index in [1.807, 2.05) is 11.4 Å². The molecule has 0 radical (unpaired) electrons. The Bertz CT molecular complexity index is 567. The van der Waals surface area contributed by atoms with Crippen LogP contribution in [-0.2, 0) is 11.2 Å². The summed E-state index contributed by atoms with van der Waals surface area (Å²) in [4.78, 5) is 13.2. The van der Waals surface area contributed by atoms with E-state index < -0.39 is 0 Å². The molecule has 3 nitrogen and oxygen atoms in total. The van der Waals surface area contributed by atoms with Gasteiger partial charge in [-0.1, -0.05) is 6.07 Å². The molecule has 20 heavy (non-hydrogen) atoms. The molecule has 106 valence electrons. The number of halogens is 1. The fourth-order valence-electron chi connectivity index (χ4n) is 1.72. The number of ketones is 1. The van der Waals surface area contributed by atoms with Crippen LogP contribution < -0.4 is 4.74 Å². The van der Waals surface area contributed by atoms with Crippen LogP contribution in [0.25, 0.3) is 0 Å². The van der Waals surface area contributed by atoms with E-state index in [1.165, 1.54) is 4.88 Å². The van der Waals surface area contributed by atoms with Gasteiger partial charge in [0.1, 0.15) is 12.4 Å². The number of hydrogen-bond donors (Lipinski definition) is 0. The van der Waals surface area contributed by atoms with E-state index in [-0.39, 0.29) is 12.4 Å². The van der Waals surface area contributed by atoms with Crippen LogP contribution in [-0.4, -0.2) is 26.1 Å². The third-order valence-electron chi connectivity index (χ3n) is 2.78. The van der Waals surface area contributed by atoms with Crippen LogP contribution in [0.3, 0.4) is 0 Å². The molecule has 0 N–H and O–H groups in total. The van der Waals surface area contributed by atoms with Crippen molar-refractivity contribution in [2.75, 3.05) is 20.3 Å². The zero-order chi connectivity index (χ0) is 14.4. The Hall–Kier alpha value is -1.17. The van der Waals surface area contributed by atoms with Gasteiger partial charge in [-0.25, -0.2) is 0 Å². The first-order valence-electron chi connectivity index (χ1n) is 6.17. The van der Waals surface area contributed by atoms with Crippen molar-refractivity contribution in [1.82, 2.24) is 0 Å². The number of rotatable bonds is 7. The lowest BCUT2D eigenvalue weighted by Gasteiger charge is -2.06. The van der Waals surface area contributed by atoms with E-state index >= 15 is 0 Å². The quantitative estimate of drug-likeness (QED) is 0.557. The Balaban J connectivity index is 1.81. The smallest absolute Gasteiger partial charge is 0.188 e. The second-order valence-corrected chi connectivity index (χ2v) is 6.04. The Morgan fingerprint density at radius 1 is 1.35 bits per heavy atom. The van der Waals surface area contributed by atoms with Gasteiger partial charge in [0.2, 0.25) is 0 Å². The fraction of sp³-hybridized carbons (Fsp3) is 0.267. The molecule has 0 saturated heterocycles. The van der Waals surface area contributed by atoms with Gasteiger partial charge in [-0.15, -0.1) is 11.3 Å². The van der Waals surface area contributed by atoms with Crippen LogP contribution in [0.5, 0.6) is 5.75 Å². The summed E-state index contributed by atoms with van der Waals surface area (Å²) in [6.45, 7) is 0.660. The number of carbonyl (C=O) groups is 1. The summed E-state index contributed by atoms with van der Waals surface area (Å²) >= 11 is 5.07. The number of carbonyl (C=O) groups excluding carboxylic acids is 1. The molecule has 2 rings (SSSR count). The number of methoxy groups -OCH3 is 1.